The van der Waals surface area contributed by atoms with Crippen LogP contribution in [0, 0.1) is 0 Å². The first-order chi connectivity index (χ1) is 22.3. The minimum Gasteiger partial charge on any atom is -0.294 e. The molecule has 0 N–H and O–H groups in total. The molecule has 0 unspecified atom stereocenters. The molecule has 3 aromatic heterocycles. The predicted octanol–water partition coefficient (Wildman–Crippen LogP) is 10.9. The summed E-state index contributed by atoms with van der Waals surface area (Å²) >= 11 is 0. The van der Waals surface area contributed by atoms with Gasteiger partial charge in [0.25, 0.3) is 0 Å². The van der Waals surface area contributed by atoms with Gasteiger partial charge in [-0.15, -0.1) is 0 Å². The van der Waals surface area contributed by atoms with E-state index in [1.165, 1.54) is 49.2 Å². The maximum Gasteiger partial charge on any atom is 0.138 e. The SMILES string of the molecule is c1ccc(-c2c3ccccc3c(-c3ccccc3)c3cc(-c4cccc(-n5c6ccccc6c6cnccc65)n4)ccc23)cc1. The molecule has 0 amide bonds. The van der Waals surface area contributed by atoms with Gasteiger partial charge in [-0.25, -0.2) is 4.98 Å². The van der Waals surface area contributed by atoms with Crippen LogP contribution in [0.2, 0.25) is 0 Å². The monoisotopic (exact) mass is 573 g/mol. The molecule has 0 spiro atoms. The van der Waals surface area contributed by atoms with E-state index in [9.17, 15) is 0 Å². The minimum absolute atomic E-state index is 0.886. The predicted molar refractivity (Wildman–Crippen MR) is 188 cm³/mol. The Morgan fingerprint density at radius 3 is 1.73 bits per heavy atom. The molecule has 0 aliphatic rings. The molecule has 0 aliphatic carbocycles. The quantitative estimate of drug-likeness (QED) is 0.196. The molecule has 9 aromatic rings. The summed E-state index contributed by atoms with van der Waals surface area (Å²) in [5, 5.41) is 7.24. The van der Waals surface area contributed by atoms with Crippen molar-refractivity contribution in [3.8, 4) is 39.3 Å². The molecular formula is C42H27N3. The van der Waals surface area contributed by atoms with Gasteiger partial charge in [-0.1, -0.05) is 121 Å². The van der Waals surface area contributed by atoms with E-state index in [1.807, 2.05) is 12.4 Å². The van der Waals surface area contributed by atoms with Gasteiger partial charge in [0.15, 0.2) is 0 Å². The van der Waals surface area contributed by atoms with E-state index in [2.05, 4.69) is 161 Å². The van der Waals surface area contributed by atoms with Gasteiger partial charge >= 0.3 is 0 Å². The molecule has 3 heterocycles. The van der Waals surface area contributed by atoms with Crippen LogP contribution in [-0.2, 0) is 0 Å². The lowest BCUT2D eigenvalue weighted by Crippen LogP contribution is -1.98. The number of rotatable bonds is 4. The van der Waals surface area contributed by atoms with Crippen molar-refractivity contribution in [2.24, 2.45) is 0 Å². The lowest BCUT2D eigenvalue weighted by atomic mass is 9.85. The highest BCUT2D eigenvalue weighted by Gasteiger charge is 2.18. The van der Waals surface area contributed by atoms with E-state index in [0.29, 0.717) is 0 Å². The van der Waals surface area contributed by atoms with Crippen molar-refractivity contribution >= 4 is 43.4 Å². The van der Waals surface area contributed by atoms with Gasteiger partial charge in [0.05, 0.1) is 16.7 Å². The summed E-state index contributed by atoms with van der Waals surface area (Å²) in [4.78, 5) is 9.69. The van der Waals surface area contributed by atoms with Crippen molar-refractivity contribution < 1.29 is 0 Å². The molecule has 3 heteroatoms. The first-order valence-electron chi connectivity index (χ1n) is 15.3. The summed E-state index contributed by atoms with van der Waals surface area (Å²) in [6.07, 6.45) is 3.80. The summed E-state index contributed by atoms with van der Waals surface area (Å²) in [7, 11) is 0. The molecule has 9 rings (SSSR count). The summed E-state index contributed by atoms with van der Waals surface area (Å²) in [5.41, 5.74) is 9.15. The zero-order valence-electron chi connectivity index (χ0n) is 24.4. The number of hydrogen-bond acceptors (Lipinski definition) is 2. The van der Waals surface area contributed by atoms with Crippen LogP contribution in [0.1, 0.15) is 0 Å². The van der Waals surface area contributed by atoms with Crippen LogP contribution in [0.25, 0.3) is 82.7 Å². The van der Waals surface area contributed by atoms with Gasteiger partial charge in [-0.3, -0.25) is 9.55 Å². The first-order valence-corrected chi connectivity index (χ1v) is 15.3. The molecule has 0 radical (unpaired) electrons. The van der Waals surface area contributed by atoms with Gasteiger partial charge < -0.3 is 0 Å². The molecule has 0 atom stereocenters. The maximum atomic E-state index is 5.28. The van der Waals surface area contributed by atoms with Gasteiger partial charge in [-0.05, 0) is 74.1 Å². The zero-order valence-corrected chi connectivity index (χ0v) is 24.4. The van der Waals surface area contributed by atoms with Gasteiger partial charge in [0.2, 0.25) is 0 Å². The third-order valence-corrected chi connectivity index (χ3v) is 8.88. The van der Waals surface area contributed by atoms with E-state index in [-0.39, 0.29) is 0 Å². The second-order valence-electron chi connectivity index (χ2n) is 11.4. The average Bonchev–Trinajstić information content (AvgIpc) is 3.45. The third kappa shape index (κ3) is 4.05. The molecule has 0 fully saturated rings. The third-order valence-electron chi connectivity index (χ3n) is 8.88. The largest absolute Gasteiger partial charge is 0.294 e. The number of nitrogens with zero attached hydrogens (tertiary/aromatic N) is 3. The smallest absolute Gasteiger partial charge is 0.138 e. The normalized spacial score (nSPS) is 11.6. The van der Waals surface area contributed by atoms with Crippen molar-refractivity contribution in [1.82, 2.24) is 14.5 Å². The molecule has 0 aliphatic heterocycles. The number of fused-ring (bicyclic) bond motifs is 5. The number of benzene rings is 6. The Morgan fingerprint density at radius 2 is 1.00 bits per heavy atom. The van der Waals surface area contributed by atoms with E-state index in [0.717, 1.165) is 33.5 Å². The maximum absolute atomic E-state index is 5.28. The highest BCUT2D eigenvalue weighted by atomic mass is 15.1. The number of aromatic nitrogens is 3. The molecular weight excluding hydrogens is 546 g/mol. The van der Waals surface area contributed by atoms with Crippen LogP contribution in [-0.4, -0.2) is 14.5 Å². The Labute approximate surface area is 260 Å². The highest BCUT2D eigenvalue weighted by Crippen LogP contribution is 2.44. The van der Waals surface area contributed by atoms with Crippen LogP contribution in [0.5, 0.6) is 0 Å². The van der Waals surface area contributed by atoms with Crippen LogP contribution < -0.4 is 0 Å². The number of pyridine rings is 2. The average molecular weight is 574 g/mol. The van der Waals surface area contributed by atoms with E-state index in [1.54, 1.807) is 0 Å². The molecule has 210 valence electrons. The summed E-state index contributed by atoms with van der Waals surface area (Å²) in [5.74, 6) is 0.886. The van der Waals surface area contributed by atoms with Crippen molar-refractivity contribution in [2.45, 2.75) is 0 Å². The molecule has 6 aromatic carbocycles. The summed E-state index contributed by atoms with van der Waals surface area (Å²) in [6.45, 7) is 0. The second kappa shape index (κ2) is 10.3. The zero-order chi connectivity index (χ0) is 29.7. The van der Waals surface area contributed by atoms with Crippen molar-refractivity contribution in [3.05, 3.63) is 164 Å². The lowest BCUT2D eigenvalue weighted by Gasteiger charge is -2.18. The van der Waals surface area contributed by atoms with Gasteiger partial charge in [0.1, 0.15) is 5.82 Å². The Balaban J connectivity index is 1.32. The number of para-hydroxylation sites is 1. The molecule has 0 saturated heterocycles. The summed E-state index contributed by atoms with van der Waals surface area (Å²) in [6, 6.07) is 54.0. The Bertz CT molecular complexity index is 2480. The topological polar surface area (TPSA) is 30.7 Å². The van der Waals surface area contributed by atoms with Crippen LogP contribution in [0.15, 0.2) is 164 Å². The van der Waals surface area contributed by atoms with Crippen molar-refractivity contribution in [2.75, 3.05) is 0 Å². The van der Waals surface area contributed by atoms with Crippen molar-refractivity contribution in [1.29, 1.82) is 0 Å². The molecule has 0 bridgehead atoms. The highest BCUT2D eigenvalue weighted by molar-refractivity contribution is 6.22. The Kier molecular flexibility index (Phi) is 5.82. The Hall–Kier alpha value is -6.06. The van der Waals surface area contributed by atoms with Gasteiger partial charge in [-0.2, -0.15) is 0 Å². The van der Waals surface area contributed by atoms with Crippen LogP contribution in [0.3, 0.4) is 0 Å². The fourth-order valence-electron chi connectivity index (χ4n) is 6.94. The first kappa shape index (κ1) is 25.4. The Morgan fingerprint density at radius 1 is 0.400 bits per heavy atom. The molecule has 0 saturated carbocycles. The minimum atomic E-state index is 0.886. The van der Waals surface area contributed by atoms with Crippen molar-refractivity contribution in [3.63, 3.8) is 0 Å². The molecule has 3 nitrogen and oxygen atoms in total. The number of hydrogen-bond donors (Lipinski definition) is 0. The van der Waals surface area contributed by atoms with Crippen LogP contribution in [0.4, 0.5) is 0 Å². The van der Waals surface area contributed by atoms with Crippen LogP contribution >= 0.6 is 0 Å². The standard InChI is InChI=1S/C42H27N3/c1-3-12-28(13-4-1)41-32-17-7-8-18-33(32)42(29-14-5-2-6-15-29)35-26-30(22-23-34(35)41)37-19-11-21-40(44-37)45-38-20-10-9-16-31(38)36-27-43-25-24-39(36)45/h1-27H. The fourth-order valence-corrected chi connectivity index (χ4v) is 6.94. The molecule has 45 heavy (non-hydrogen) atoms. The van der Waals surface area contributed by atoms with E-state index < -0.39 is 0 Å². The summed E-state index contributed by atoms with van der Waals surface area (Å²) < 4.78 is 2.24. The van der Waals surface area contributed by atoms with Gasteiger partial charge in [0, 0.05) is 28.7 Å². The van der Waals surface area contributed by atoms with E-state index >= 15 is 0 Å². The van der Waals surface area contributed by atoms with E-state index in [4.69, 9.17) is 4.98 Å². The lowest BCUT2D eigenvalue weighted by molar-refractivity contribution is 1.08. The second-order valence-corrected chi connectivity index (χ2v) is 11.4. The fraction of sp³-hybridized carbons (Fsp3) is 0.